The van der Waals surface area contributed by atoms with Gasteiger partial charge < -0.3 is 4.74 Å². The van der Waals surface area contributed by atoms with Gasteiger partial charge in [0.1, 0.15) is 5.75 Å². The van der Waals surface area contributed by atoms with Crippen LogP contribution in [0.3, 0.4) is 0 Å². The second kappa shape index (κ2) is 7.51. The summed E-state index contributed by atoms with van der Waals surface area (Å²) < 4.78 is 6.43. The van der Waals surface area contributed by atoms with E-state index in [0.717, 1.165) is 15.7 Å². The summed E-state index contributed by atoms with van der Waals surface area (Å²) in [5.41, 5.74) is 1.56. The Morgan fingerprint density at radius 2 is 1.80 bits per heavy atom. The molecule has 0 atom stereocenters. The molecule has 1 amide bonds. The lowest BCUT2D eigenvalue weighted by molar-refractivity contribution is -0.131. The van der Waals surface area contributed by atoms with E-state index >= 15 is 0 Å². The highest BCUT2D eigenvalue weighted by atomic mass is 79.9. The van der Waals surface area contributed by atoms with Crippen molar-refractivity contribution in [2.45, 2.75) is 6.92 Å². The van der Waals surface area contributed by atoms with Crippen LogP contribution in [0, 0.1) is 0 Å². The van der Waals surface area contributed by atoms with Crippen LogP contribution in [0.15, 0.2) is 57.9 Å². The fourth-order valence-corrected chi connectivity index (χ4v) is 3.79. The Balaban J connectivity index is 1.82. The number of carbonyl (C=O) groups is 2. The highest BCUT2D eigenvalue weighted by Gasteiger charge is 2.33. The van der Waals surface area contributed by atoms with E-state index in [2.05, 4.69) is 15.9 Å². The number of nitrogens with zero attached hydrogens (tertiary/aromatic N) is 1. The first-order chi connectivity index (χ1) is 11.9. The van der Waals surface area contributed by atoms with Gasteiger partial charge in [0.2, 0.25) is 0 Å². The lowest BCUT2D eigenvalue weighted by Crippen LogP contribution is -2.27. The minimum absolute atomic E-state index is 0.151. The summed E-state index contributed by atoms with van der Waals surface area (Å²) in [6.45, 7) is 1.35. The van der Waals surface area contributed by atoms with Crippen molar-refractivity contribution >= 4 is 67.9 Å². The third kappa shape index (κ3) is 4.18. The van der Waals surface area contributed by atoms with Gasteiger partial charge in [-0.3, -0.25) is 14.5 Å². The molecule has 0 saturated carbocycles. The van der Waals surface area contributed by atoms with E-state index in [0.29, 0.717) is 15.0 Å². The Morgan fingerprint density at radius 3 is 2.40 bits per heavy atom. The second-order valence-corrected chi connectivity index (χ2v) is 7.75. The average Bonchev–Trinajstić information content (AvgIpc) is 2.84. The van der Waals surface area contributed by atoms with E-state index in [-0.39, 0.29) is 11.9 Å². The molecule has 0 aliphatic carbocycles. The van der Waals surface area contributed by atoms with Gasteiger partial charge in [-0.15, -0.1) is 0 Å². The molecule has 2 aromatic rings. The molecule has 1 heterocycles. The number of amides is 1. The molecule has 7 heteroatoms. The molecule has 25 heavy (non-hydrogen) atoms. The smallest absolute Gasteiger partial charge is 0.308 e. The summed E-state index contributed by atoms with van der Waals surface area (Å²) in [4.78, 5) is 25.7. The Labute approximate surface area is 163 Å². The van der Waals surface area contributed by atoms with Crippen LogP contribution in [0.1, 0.15) is 12.5 Å². The van der Waals surface area contributed by atoms with E-state index in [1.807, 2.05) is 24.3 Å². The van der Waals surface area contributed by atoms with Crippen molar-refractivity contribution < 1.29 is 14.3 Å². The minimum Gasteiger partial charge on any atom is -0.427 e. The number of hydrogen-bond donors (Lipinski definition) is 0. The molecule has 1 saturated heterocycles. The molecular weight excluding hydrogens is 422 g/mol. The summed E-state index contributed by atoms with van der Waals surface area (Å²) in [7, 11) is 0. The predicted molar refractivity (Wildman–Crippen MR) is 108 cm³/mol. The molecule has 1 fully saturated rings. The molecular formula is C18H12BrNO3S2. The Hall–Kier alpha value is -1.96. The fraction of sp³-hybridized carbons (Fsp3) is 0.0556. The maximum Gasteiger partial charge on any atom is 0.308 e. The summed E-state index contributed by atoms with van der Waals surface area (Å²) in [5, 5.41) is 0. The SMILES string of the molecule is CC(=O)Oc1ccc(/C=C2/SC(=S)N(c3ccc(Br)cc3)C2=O)cc1. The molecule has 0 unspecified atom stereocenters. The molecule has 0 radical (unpaired) electrons. The van der Waals surface area contributed by atoms with Crippen molar-refractivity contribution in [1.82, 2.24) is 0 Å². The van der Waals surface area contributed by atoms with Crippen LogP contribution >= 0.6 is 39.9 Å². The maximum absolute atomic E-state index is 12.7. The van der Waals surface area contributed by atoms with Gasteiger partial charge in [-0.2, -0.15) is 0 Å². The number of carbonyl (C=O) groups excluding carboxylic acids is 2. The quantitative estimate of drug-likeness (QED) is 0.301. The lowest BCUT2D eigenvalue weighted by atomic mass is 10.2. The topological polar surface area (TPSA) is 46.6 Å². The van der Waals surface area contributed by atoms with Crippen LogP contribution in [-0.2, 0) is 9.59 Å². The van der Waals surface area contributed by atoms with Crippen LogP contribution in [0.2, 0.25) is 0 Å². The summed E-state index contributed by atoms with van der Waals surface area (Å²) in [5.74, 6) is -0.0587. The van der Waals surface area contributed by atoms with Gasteiger partial charge in [-0.1, -0.05) is 52.0 Å². The van der Waals surface area contributed by atoms with Crippen LogP contribution < -0.4 is 9.64 Å². The maximum atomic E-state index is 12.7. The van der Waals surface area contributed by atoms with Crippen LogP contribution in [0.4, 0.5) is 5.69 Å². The second-order valence-electron chi connectivity index (χ2n) is 5.16. The summed E-state index contributed by atoms with van der Waals surface area (Å²) in [6.07, 6.45) is 1.77. The zero-order chi connectivity index (χ0) is 18.0. The molecule has 3 rings (SSSR count). The lowest BCUT2D eigenvalue weighted by Gasteiger charge is -2.14. The molecule has 0 bridgehead atoms. The molecule has 2 aromatic carbocycles. The van der Waals surface area contributed by atoms with Gasteiger partial charge in [0, 0.05) is 11.4 Å². The van der Waals surface area contributed by atoms with Gasteiger partial charge in [0.25, 0.3) is 5.91 Å². The molecule has 1 aliphatic heterocycles. The number of thiocarbonyl (C=S) groups is 1. The number of halogens is 1. The van der Waals surface area contributed by atoms with Crippen molar-refractivity contribution in [2.75, 3.05) is 4.90 Å². The predicted octanol–water partition coefficient (Wildman–Crippen LogP) is 4.78. The van der Waals surface area contributed by atoms with Gasteiger partial charge in [-0.25, -0.2) is 0 Å². The summed E-state index contributed by atoms with van der Waals surface area (Å²) >= 11 is 9.99. The van der Waals surface area contributed by atoms with Crippen molar-refractivity contribution in [3.8, 4) is 5.75 Å². The summed E-state index contributed by atoms with van der Waals surface area (Å²) in [6, 6.07) is 14.3. The Bertz CT molecular complexity index is 876. The number of benzene rings is 2. The van der Waals surface area contributed by atoms with E-state index in [9.17, 15) is 9.59 Å². The standard InChI is InChI=1S/C18H12BrNO3S2/c1-11(21)23-15-8-2-12(3-9-15)10-16-17(22)20(18(24)25-16)14-6-4-13(19)5-7-14/h2-10H,1H3/b16-10+. The first-order valence-electron chi connectivity index (χ1n) is 7.26. The number of hydrogen-bond acceptors (Lipinski definition) is 5. The fourth-order valence-electron chi connectivity index (χ4n) is 2.23. The van der Waals surface area contributed by atoms with Gasteiger partial charge in [-0.05, 0) is 48.0 Å². The van der Waals surface area contributed by atoms with E-state index < -0.39 is 0 Å². The Morgan fingerprint density at radius 1 is 1.16 bits per heavy atom. The molecule has 0 spiro atoms. The normalized spacial score (nSPS) is 15.8. The number of rotatable bonds is 3. The largest absolute Gasteiger partial charge is 0.427 e. The van der Waals surface area contributed by atoms with Crippen LogP contribution in [-0.4, -0.2) is 16.2 Å². The van der Waals surface area contributed by atoms with Crippen LogP contribution in [0.5, 0.6) is 5.75 Å². The van der Waals surface area contributed by atoms with Crippen LogP contribution in [0.25, 0.3) is 6.08 Å². The van der Waals surface area contributed by atoms with E-state index in [1.165, 1.54) is 23.6 Å². The van der Waals surface area contributed by atoms with Crippen molar-refractivity contribution in [3.05, 3.63) is 63.5 Å². The molecule has 126 valence electrons. The molecule has 1 aliphatic rings. The van der Waals surface area contributed by atoms with Crippen molar-refractivity contribution in [1.29, 1.82) is 0 Å². The third-order valence-electron chi connectivity index (χ3n) is 3.32. The average molecular weight is 434 g/mol. The first-order valence-corrected chi connectivity index (χ1v) is 9.28. The van der Waals surface area contributed by atoms with Crippen molar-refractivity contribution in [3.63, 3.8) is 0 Å². The highest BCUT2D eigenvalue weighted by Crippen LogP contribution is 2.36. The number of esters is 1. The minimum atomic E-state index is -0.372. The van der Waals surface area contributed by atoms with Gasteiger partial charge in [0.15, 0.2) is 4.32 Å². The number of thioether (sulfide) groups is 1. The van der Waals surface area contributed by atoms with E-state index in [1.54, 1.807) is 30.3 Å². The third-order valence-corrected chi connectivity index (χ3v) is 5.15. The van der Waals surface area contributed by atoms with Crippen molar-refractivity contribution in [2.24, 2.45) is 0 Å². The number of anilines is 1. The monoisotopic (exact) mass is 433 g/mol. The number of ether oxygens (including phenoxy) is 1. The molecule has 4 nitrogen and oxygen atoms in total. The molecule has 0 aromatic heterocycles. The molecule has 0 N–H and O–H groups in total. The first kappa shape index (κ1) is 17.8. The van der Waals surface area contributed by atoms with E-state index in [4.69, 9.17) is 17.0 Å². The van der Waals surface area contributed by atoms with Gasteiger partial charge in [0.05, 0.1) is 10.6 Å². The highest BCUT2D eigenvalue weighted by molar-refractivity contribution is 9.10. The van der Waals surface area contributed by atoms with Gasteiger partial charge >= 0.3 is 5.97 Å². The zero-order valence-corrected chi connectivity index (χ0v) is 16.3. The Kier molecular flexibility index (Phi) is 5.36. The zero-order valence-electron chi connectivity index (χ0n) is 13.1.